The Bertz CT molecular complexity index is 1330. The van der Waals surface area contributed by atoms with E-state index in [1.165, 1.54) is 0 Å². The number of alkyl halides is 3. The molecule has 2 N–H and O–H groups in total. The van der Waals surface area contributed by atoms with E-state index in [0.717, 1.165) is 24.3 Å². The quantitative estimate of drug-likeness (QED) is 0.449. The van der Waals surface area contributed by atoms with Gasteiger partial charge in [0.2, 0.25) is 11.0 Å². The first-order valence-corrected chi connectivity index (χ1v) is 13.4. The lowest BCUT2D eigenvalue weighted by atomic mass is 9.68. The van der Waals surface area contributed by atoms with Crippen LogP contribution in [-0.4, -0.2) is 28.7 Å². The van der Waals surface area contributed by atoms with Crippen molar-refractivity contribution in [3.05, 3.63) is 64.7 Å². The minimum absolute atomic E-state index is 0.0484. The van der Waals surface area contributed by atoms with Crippen LogP contribution in [0.2, 0.25) is 0 Å². The largest absolute Gasteiger partial charge is 0.490 e. The van der Waals surface area contributed by atoms with Crippen molar-refractivity contribution < 1.29 is 40.8 Å². The van der Waals surface area contributed by atoms with Gasteiger partial charge < -0.3 is 14.6 Å². The first-order chi connectivity index (χ1) is 17.3. The van der Waals surface area contributed by atoms with Crippen molar-refractivity contribution in [1.82, 2.24) is 5.32 Å². The van der Waals surface area contributed by atoms with Crippen LogP contribution in [-0.2, 0) is 15.7 Å². The van der Waals surface area contributed by atoms with E-state index in [1.807, 2.05) is 0 Å². The summed E-state index contributed by atoms with van der Waals surface area (Å²) in [6, 6.07) is 4.93. The van der Waals surface area contributed by atoms with Crippen molar-refractivity contribution in [3.8, 4) is 11.4 Å². The summed E-state index contributed by atoms with van der Waals surface area (Å²) in [4.78, 5) is 25.8. The number of ether oxygens (including phenoxy) is 1. The van der Waals surface area contributed by atoms with Gasteiger partial charge in [0.15, 0.2) is 11.6 Å². The lowest BCUT2D eigenvalue weighted by Crippen LogP contribution is -2.49. The van der Waals surface area contributed by atoms with Crippen molar-refractivity contribution in [1.29, 1.82) is 0 Å². The third kappa shape index (κ3) is 4.64. The van der Waals surface area contributed by atoms with Crippen LogP contribution in [0.3, 0.4) is 0 Å². The highest BCUT2D eigenvalue weighted by atomic mass is 32.2. The molecule has 0 aromatic heterocycles. The third-order valence-electron chi connectivity index (χ3n) is 7.25. The SMILES string of the molecule is C#S(O)(C(=O)c1ccc(C(F)(F)F)cc1)[C@@]12CC[C@@H](CC(=O)NCC)C[C@@H]1COc1c(F)ccc(F)c12. The highest BCUT2D eigenvalue weighted by Gasteiger charge is 2.58. The Labute approximate surface area is 211 Å². The number of fused-ring (bicyclic) bond motifs is 3. The molecular formula is C26H26F5NO4S. The molecule has 5 nitrogen and oxygen atoms in total. The summed E-state index contributed by atoms with van der Waals surface area (Å²) in [6.07, 6.45) is -4.02. The van der Waals surface area contributed by atoms with E-state index >= 15 is 4.39 Å². The van der Waals surface area contributed by atoms with Crippen LogP contribution >= 0.6 is 9.72 Å². The highest BCUT2D eigenvalue weighted by Crippen LogP contribution is 2.66. The summed E-state index contributed by atoms with van der Waals surface area (Å²) < 4.78 is 84.7. The fourth-order valence-electron chi connectivity index (χ4n) is 5.54. The van der Waals surface area contributed by atoms with E-state index in [0.29, 0.717) is 18.7 Å². The molecule has 0 radical (unpaired) electrons. The van der Waals surface area contributed by atoms with Crippen LogP contribution in [0.4, 0.5) is 22.0 Å². The van der Waals surface area contributed by atoms with Crippen LogP contribution < -0.4 is 10.1 Å². The number of amides is 1. The maximum atomic E-state index is 15.4. The Balaban J connectivity index is 1.80. The van der Waals surface area contributed by atoms with Gasteiger partial charge in [-0.05, 0) is 78.2 Å². The molecule has 0 bridgehead atoms. The van der Waals surface area contributed by atoms with Gasteiger partial charge in [0.1, 0.15) is 5.82 Å². The fourth-order valence-corrected chi connectivity index (χ4v) is 7.97. The van der Waals surface area contributed by atoms with E-state index in [2.05, 4.69) is 5.32 Å². The Hall–Kier alpha value is -2.88. The predicted octanol–water partition coefficient (Wildman–Crippen LogP) is 6.22. The van der Waals surface area contributed by atoms with Gasteiger partial charge in [-0.3, -0.25) is 9.59 Å². The van der Waals surface area contributed by atoms with Crippen molar-refractivity contribution >= 4 is 20.7 Å². The van der Waals surface area contributed by atoms with Crippen molar-refractivity contribution in [2.24, 2.45) is 11.8 Å². The predicted molar refractivity (Wildman–Crippen MR) is 129 cm³/mol. The number of halogens is 5. The minimum Gasteiger partial charge on any atom is -0.490 e. The molecule has 1 aliphatic heterocycles. The van der Waals surface area contributed by atoms with Gasteiger partial charge in [0.05, 0.1) is 22.5 Å². The van der Waals surface area contributed by atoms with E-state index in [1.54, 1.807) is 6.92 Å². The number of rotatable bonds is 4. The number of hydrogen-bond donors (Lipinski definition) is 2. The third-order valence-corrected chi connectivity index (χ3v) is 9.90. The maximum absolute atomic E-state index is 15.4. The van der Waals surface area contributed by atoms with E-state index in [4.69, 9.17) is 10.4 Å². The second kappa shape index (κ2) is 9.78. The highest BCUT2D eigenvalue weighted by molar-refractivity contribution is 8.32. The summed E-state index contributed by atoms with van der Waals surface area (Å²) in [5.41, 5.74) is 4.78. The zero-order chi connectivity index (χ0) is 27.2. The molecule has 1 unspecified atom stereocenters. The normalized spacial score (nSPS) is 24.7. The van der Waals surface area contributed by atoms with Gasteiger partial charge in [-0.1, -0.05) is 0 Å². The molecule has 1 aliphatic carbocycles. The molecule has 200 valence electrons. The van der Waals surface area contributed by atoms with Crippen molar-refractivity contribution in [3.63, 3.8) is 0 Å². The van der Waals surface area contributed by atoms with Gasteiger partial charge >= 0.3 is 6.18 Å². The van der Waals surface area contributed by atoms with Gasteiger partial charge in [-0.25, -0.2) is 8.78 Å². The number of nitrogens with one attached hydrogen (secondary N) is 1. The van der Waals surface area contributed by atoms with Crippen LogP contribution in [0, 0.1) is 29.2 Å². The number of hydrogen-bond acceptors (Lipinski definition) is 4. The molecule has 1 heterocycles. The summed E-state index contributed by atoms with van der Waals surface area (Å²) in [5.74, 6) is -3.40. The van der Waals surface area contributed by atoms with E-state index < -0.39 is 54.6 Å². The van der Waals surface area contributed by atoms with Gasteiger partial charge in [0, 0.05) is 24.4 Å². The molecule has 1 saturated carbocycles. The second-order valence-corrected chi connectivity index (χ2v) is 11.8. The molecule has 2 aliphatic rings. The minimum atomic E-state index is -4.64. The average molecular weight is 544 g/mol. The summed E-state index contributed by atoms with van der Waals surface area (Å²) in [5, 5.41) is 1.66. The molecule has 1 fully saturated rings. The summed E-state index contributed by atoms with van der Waals surface area (Å²) >= 11 is 0. The van der Waals surface area contributed by atoms with E-state index in [-0.39, 0.29) is 55.2 Å². The number of carbonyl (C=O) groups excluding carboxylic acids is 2. The van der Waals surface area contributed by atoms with E-state index in [9.17, 15) is 31.7 Å². The lowest BCUT2D eigenvalue weighted by molar-refractivity contribution is -0.137. The van der Waals surface area contributed by atoms with Gasteiger partial charge in [-0.15, -0.1) is 5.69 Å². The lowest BCUT2D eigenvalue weighted by Gasteiger charge is -2.53. The average Bonchev–Trinajstić information content (AvgIpc) is 2.84. The molecule has 37 heavy (non-hydrogen) atoms. The maximum Gasteiger partial charge on any atom is 0.416 e. The Morgan fingerprint density at radius 2 is 1.81 bits per heavy atom. The van der Waals surface area contributed by atoms with Crippen LogP contribution in [0.25, 0.3) is 0 Å². The first-order valence-electron chi connectivity index (χ1n) is 11.8. The molecule has 0 saturated heterocycles. The Kier molecular flexibility index (Phi) is 7.18. The van der Waals surface area contributed by atoms with Crippen LogP contribution in [0.15, 0.2) is 36.4 Å². The van der Waals surface area contributed by atoms with Crippen LogP contribution in [0.1, 0.15) is 54.1 Å². The molecule has 4 rings (SSSR count). The zero-order valence-corrected chi connectivity index (χ0v) is 20.7. The zero-order valence-electron chi connectivity index (χ0n) is 19.9. The molecule has 0 spiro atoms. The Morgan fingerprint density at radius 1 is 1.16 bits per heavy atom. The molecule has 2 aromatic carbocycles. The standard InChI is InChI=1S/C26H26F5NO4S/c1-3-32-21(33)13-15-10-11-25(18(12-15)14-36-23-20(28)9-8-19(27)22(23)25)37(2,35)24(34)16-4-6-17(7-5-16)26(29,30)31/h2,4-9,15,18,35H,3,10-14H2,1H3,(H,32,33)/t15-,18-,25+/m1/s1. The van der Waals surface area contributed by atoms with Crippen LogP contribution in [0.5, 0.6) is 5.75 Å². The van der Waals surface area contributed by atoms with Crippen molar-refractivity contribution in [2.75, 3.05) is 13.2 Å². The van der Waals surface area contributed by atoms with Gasteiger partial charge in [0.25, 0.3) is 0 Å². The molecule has 4 atom stereocenters. The molecule has 1 amide bonds. The smallest absolute Gasteiger partial charge is 0.416 e. The molecule has 11 heteroatoms. The summed E-state index contributed by atoms with van der Waals surface area (Å²) in [7, 11) is -4.01. The monoisotopic (exact) mass is 543 g/mol. The first kappa shape index (κ1) is 27.2. The fraction of sp³-hybridized carbons (Fsp3) is 0.423. The molecule has 2 aromatic rings. The summed E-state index contributed by atoms with van der Waals surface area (Å²) in [6.45, 7) is 2.03. The number of carbonyl (C=O) groups is 2. The second-order valence-electron chi connectivity index (χ2n) is 9.42. The molecular weight excluding hydrogens is 517 g/mol. The number of benzene rings is 2. The Morgan fingerprint density at radius 3 is 2.43 bits per heavy atom. The van der Waals surface area contributed by atoms with Gasteiger partial charge in [-0.2, -0.15) is 13.2 Å². The van der Waals surface area contributed by atoms with Crippen molar-refractivity contribution in [2.45, 2.75) is 43.5 Å². The topological polar surface area (TPSA) is 75.6 Å².